The fraction of sp³-hybridized carbons (Fsp3) is 0.440. The number of nitrogens with zero attached hydrogens (tertiary/aromatic N) is 4. The van der Waals surface area contributed by atoms with Gasteiger partial charge in [-0.15, -0.1) is 0 Å². The summed E-state index contributed by atoms with van der Waals surface area (Å²) in [5, 5.41) is 12.1. The Bertz CT molecular complexity index is 1180. The van der Waals surface area contributed by atoms with Gasteiger partial charge in [0.05, 0.1) is 22.8 Å². The van der Waals surface area contributed by atoms with Crippen LogP contribution in [-0.2, 0) is 16.9 Å². The zero-order valence-electron chi connectivity index (χ0n) is 18.1. The molecule has 3 heterocycles. The van der Waals surface area contributed by atoms with Crippen molar-refractivity contribution in [2.75, 3.05) is 13.1 Å². The van der Waals surface area contributed by atoms with Gasteiger partial charge in [0.1, 0.15) is 0 Å². The van der Waals surface area contributed by atoms with Gasteiger partial charge in [-0.05, 0) is 49.8 Å². The number of benzene rings is 1. The number of hydrogen-bond donors (Lipinski definition) is 1. The predicted octanol–water partition coefficient (Wildman–Crippen LogP) is 2.72. The van der Waals surface area contributed by atoms with Crippen molar-refractivity contribution in [2.45, 2.75) is 44.2 Å². The normalized spacial score (nSPS) is 25.1. The maximum Gasteiger partial charge on any atom is 0.261 e. The SMILES string of the molecule is O=C(CCCn1cnc2ccccc2c1=O)N1CC2CCCC(O)(c3cccnc3)C2C1. The number of aliphatic hydroxyl groups is 1. The molecule has 0 spiro atoms. The Morgan fingerprint density at radius 3 is 2.91 bits per heavy atom. The Morgan fingerprint density at radius 1 is 1.19 bits per heavy atom. The van der Waals surface area contributed by atoms with Crippen LogP contribution in [0.4, 0.5) is 0 Å². The van der Waals surface area contributed by atoms with E-state index in [0.717, 1.165) is 18.4 Å². The summed E-state index contributed by atoms with van der Waals surface area (Å²) in [7, 11) is 0. The molecule has 7 heteroatoms. The standard InChI is InChI=1S/C25H28N4O3/c30-23(10-5-13-28-17-27-22-9-2-1-8-20(22)24(28)31)29-15-18-6-3-11-25(32,21(18)16-29)19-7-4-12-26-14-19/h1-2,4,7-9,12,14,17-18,21,32H,3,5-6,10-11,13,15-16H2. The Balaban J connectivity index is 1.23. The van der Waals surface area contributed by atoms with Crippen LogP contribution in [0.5, 0.6) is 0 Å². The van der Waals surface area contributed by atoms with E-state index in [4.69, 9.17) is 0 Å². The molecule has 1 aliphatic heterocycles. The van der Waals surface area contributed by atoms with Crippen LogP contribution >= 0.6 is 0 Å². The van der Waals surface area contributed by atoms with Gasteiger partial charge in [0.25, 0.3) is 5.56 Å². The predicted molar refractivity (Wildman–Crippen MR) is 121 cm³/mol. The Morgan fingerprint density at radius 2 is 2.06 bits per heavy atom. The smallest absolute Gasteiger partial charge is 0.261 e. The van der Waals surface area contributed by atoms with Crippen LogP contribution in [0.2, 0.25) is 0 Å². The van der Waals surface area contributed by atoms with E-state index in [9.17, 15) is 14.7 Å². The minimum Gasteiger partial charge on any atom is -0.385 e. The highest BCUT2D eigenvalue weighted by molar-refractivity contribution is 5.77. The van der Waals surface area contributed by atoms with Gasteiger partial charge >= 0.3 is 0 Å². The highest BCUT2D eigenvalue weighted by Gasteiger charge is 2.50. The zero-order valence-corrected chi connectivity index (χ0v) is 18.1. The van der Waals surface area contributed by atoms with E-state index < -0.39 is 5.60 Å². The van der Waals surface area contributed by atoms with Gasteiger partial charge in [0.2, 0.25) is 5.91 Å². The Labute approximate surface area is 186 Å². The second-order valence-electron chi connectivity index (χ2n) is 9.09. The van der Waals surface area contributed by atoms with Crippen LogP contribution in [0.1, 0.15) is 37.7 Å². The molecular weight excluding hydrogens is 404 g/mol. The molecule has 1 amide bonds. The van der Waals surface area contributed by atoms with Crippen molar-refractivity contribution < 1.29 is 9.90 Å². The van der Waals surface area contributed by atoms with Crippen LogP contribution in [0.3, 0.4) is 0 Å². The summed E-state index contributed by atoms with van der Waals surface area (Å²) in [4.78, 5) is 36.0. The molecule has 0 bridgehead atoms. The fourth-order valence-electron chi connectivity index (χ4n) is 5.53. The van der Waals surface area contributed by atoms with Crippen molar-refractivity contribution in [3.63, 3.8) is 0 Å². The molecular formula is C25H28N4O3. The molecule has 1 aromatic carbocycles. The van der Waals surface area contributed by atoms with E-state index in [-0.39, 0.29) is 17.4 Å². The number of hydrogen-bond acceptors (Lipinski definition) is 5. The van der Waals surface area contributed by atoms with Crippen molar-refractivity contribution in [2.24, 2.45) is 11.8 Å². The highest BCUT2D eigenvalue weighted by atomic mass is 16.3. The molecule has 1 aliphatic carbocycles. The number of rotatable bonds is 5. The monoisotopic (exact) mass is 432 g/mol. The van der Waals surface area contributed by atoms with Crippen LogP contribution in [0.25, 0.3) is 10.9 Å². The van der Waals surface area contributed by atoms with E-state index >= 15 is 0 Å². The maximum absolute atomic E-state index is 13.0. The Hall–Kier alpha value is -3.06. The first kappa shape index (κ1) is 20.8. The topological polar surface area (TPSA) is 88.3 Å². The van der Waals surface area contributed by atoms with Gasteiger partial charge < -0.3 is 10.0 Å². The molecule has 2 aromatic heterocycles. The van der Waals surface area contributed by atoms with Crippen molar-refractivity contribution in [3.8, 4) is 0 Å². The van der Waals surface area contributed by atoms with Gasteiger partial charge in [-0.3, -0.25) is 19.1 Å². The number of aryl methyl sites for hydroxylation is 1. The minimum atomic E-state index is -0.920. The lowest BCUT2D eigenvalue weighted by atomic mass is 9.68. The van der Waals surface area contributed by atoms with Crippen molar-refractivity contribution in [1.29, 1.82) is 0 Å². The lowest BCUT2D eigenvalue weighted by molar-refractivity contribution is -0.131. The minimum absolute atomic E-state index is 0.0386. The maximum atomic E-state index is 13.0. The molecule has 5 rings (SSSR count). The summed E-state index contributed by atoms with van der Waals surface area (Å²) in [5.74, 6) is 0.441. The van der Waals surface area contributed by atoms with E-state index in [1.54, 1.807) is 29.4 Å². The van der Waals surface area contributed by atoms with Crippen molar-refractivity contribution >= 4 is 16.8 Å². The van der Waals surface area contributed by atoms with E-state index in [0.29, 0.717) is 55.7 Å². The average molecular weight is 433 g/mol. The summed E-state index contributed by atoms with van der Waals surface area (Å²) in [6, 6.07) is 11.1. The number of likely N-dealkylation sites (tertiary alicyclic amines) is 1. The molecule has 3 unspecified atom stereocenters. The van der Waals surface area contributed by atoms with Gasteiger partial charge in [-0.25, -0.2) is 4.98 Å². The van der Waals surface area contributed by atoms with Gasteiger partial charge in [0, 0.05) is 49.9 Å². The second kappa shape index (κ2) is 8.47. The average Bonchev–Trinajstić information content (AvgIpc) is 3.27. The van der Waals surface area contributed by atoms with E-state index in [1.807, 2.05) is 35.2 Å². The van der Waals surface area contributed by atoms with E-state index in [1.165, 1.54) is 0 Å². The zero-order chi connectivity index (χ0) is 22.1. The third-order valence-corrected chi connectivity index (χ3v) is 7.22. The van der Waals surface area contributed by atoms with Crippen LogP contribution in [-0.4, -0.2) is 43.5 Å². The number of pyridine rings is 1. The lowest BCUT2D eigenvalue weighted by Crippen LogP contribution is -2.43. The second-order valence-corrected chi connectivity index (χ2v) is 9.09. The summed E-state index contributed by atoms with van der Waals surface area (Å²) in [5.41, 5.74) is 0.547. The number of aromatic nitrogens is 3. The number of carbonyl (C=O) groups excluding carboxylic acids is 1. The van der Waals surface area contributed by atoms with Gasteiger partial charge in [-0.1, -0.05) is 18.2 Å². The summed E-state index contributed by atoms with van der Waals surface area (Å²) < 4.78 is 1.58. The molecule has 2 fully saturated rings. The van der Waals surface area contributed by atoms with Crippen molar-refractivity contribution in [3.05, 3.63) is 71.0 Å². The first-order valence-electron chi connectivity index (χ1n) is 11.4. The molecule has 166 valence electrons. The van der Waals surface area contributed by atoms with Crippen LogP contribution in [0.15, 0.2) is 59.9 Å². The summed E-state index contributed by atoms with van der Waals surface area (Å²) in [6.07, 6.45) is 8.69. The molecule has 32 heavy (non-hydrogen) atoms. The van der Waals surface area contributed by atoms with Crippen LogP contribution < -0.4 is 5.56 Å². The molecule has 0 radical (unpaired) electrons. The summed E-state index contributed by atoms with van der Waals surface area (Å²) >= 11 is 0. The third-order valence-electron chi connectivity index (χ3n) is 7.22. The lowest BCUT2D eigenvalue weighted by Gasteiger charge is -2.41. The van der Waals surface area contributed by atoms with Crippen LogP contribution in [0, 0.1) is 11.8 Å². The number of para-hydroxylation sites is 1. The fourth-order valence-corrected chi connectivity index (χ4v) is 5.53. The molecule has 2 aliphatic rings. The van der Waals surface area contributed by atoms with E-state index in [2.05, 4.69) is 9.97 Å². The third kappa shape index (κ3) is 3.71. The first-order chi connectivity index (χ1) is 15.6. The molecule has 3 atom stereocenters. The largest absolute Gasteiger partial charge is 0.385 e. The number of amides is 1. The molecule has 1 N–H and O–H groups in total. The van der Waals surface area contributed by atoms with Gasteiger partial charge in [-0.2, -0.15) is 0 Å². The molecule has 3 aromatic rings. The highest BCUT2D eigenvalue weighted by Crippen LogP contribution is 2.48. The number of carbonyl (C=O) groups is 1. The molecule has 7 nitrogen and oxygen atoms in total. The molecule has 1 saturated heterocycles. The first-order valence-corrected chi connectivity index (χ1v) is 11.4. The quantitative estimate of drug-likeness (QED) is 0.670. The van der Waals surface area contributed by atoms with Gasteiger partial charge in [0.15, 0.2) is 0 Å². The summed E-state index contributed by atoms with van der Waals surface area (Å²) in [6.45, 7) is 1.73. The Kier molecular flexibility index (Phi) is 5.51. The molecule has 1 saturated carbocycles. The number of fused-ring (bicyclic) bond motifs is 2. The van der Waals surface area contributed by atoms with Crippen molar-refractivity contribution in [1.82, 2.24) is 19.4 Å².